The van der Waals surface area contributed by atoms with Crippen LogP contribution >= 0.6 is 0 Å². The summed E-state index contributed by atoms with van der Waals surface area (Å²) in [4.78, 5) is 0. The molecule has 2 unspecified atom stereocenters. The van der Waals surface area contributed by atoms with Gasteiger partial charge in [-0.25, -0.2) is 8.42 Å². The number of sulfone groups is 1. The number of nitrogens with one attached hydrogen (secondary N) is 1. The summed E-state index contributed by atoms with van der Waals surface area (Å²) < 4.78 is 27.9. The fraction of sp³-hybridized carbons (Fsp3) is 1.00. The van der Waals surface area contributed by atoms with Crippen molar-refractivity contribution in [3.63, 3.8) is 0 Å². The van der Waals surface area contributed by atoms with Crippen LogP contribution in [0.4, 0.5) is 0 Å². The lowest BCUT2D eigenvalue weighted by molar-refractivity contribution is 0.199. The van der Waals surface area contributed by atoms with Gasteiger partial charge in [0.15, 0.2) is 9.84 Å². The first-order valence-corrected chi connectivity index (χ1v) is 7.27. The van der Waals surface area contributed by atoms with Crippen LogP contribution < -0.4 is 5.32 Å². The molecule has 0 aromatic carbocycles. The minimum absolute atomic E-state index is 0.190. The summed E-state index contributed by atoms with van der Waals surface area (Å²) in [5, 5.41) is 2.81. The van der Waals surface area contributed by atoms with Crippen LogP contribution in [-0.4, -0.2) is 46.7 Å². The fourth-order valence-electron chi connectivity index (χ4n) is 1.46. The van der Waals surface area contributed by atoms with Gasteiger partial charge in [0, 0.05) is 26.5 Å². The van der Waals surface area contributed by atoms with Crippen LogP contribution in [0, 0.1) is 5.92 Å². The molecule has 0 radical (unpaired) electrons. The second-order valence-corrected chi connectivity index (χ2v) is 6.21. The van der Waals surface area contributed by atoms with Crippen molar-refractivity contribution in [1.82, 2.24) is 5.32 Å². The highest BCUT2D eigenvalue weighted by molar-refractivity contribution is 7.91. The van der Waals surface area contributed by atoms with Crippen molar-refractivity contribution in [2.75, 3.05) is 33.1 Å². The van der Waals surface area contributed by atoms with Gasteiger partial charge in [0.25, 0.3) is 0 Å². The lowest BCUT2D eigenvalue weighted by Crippen LogP contribution is -2.38. The van der Waals surface area contributed by atoms with Crippen molar-refractivity contribution in [2.24, 2.45) is 5.92 Å². The van der Waals surface area contributed by atoms with Gasteiger partial charge >= 0.3 is 0 Å². The average Bonchev–Trinajstić information content (AvgIpc) is 2.15. The topological polar surface area (TPSA) is 55.4 Å². The standard InChI is InChI=1S/C10H23NO3S/c1-5-9(2)10(15(4,12)13)8-11-6-7-14-3/h9-11H,5-8H2,1-4H3. The molecule has 0 spiro atoms. The molecule has 0 aliphatic carbocycles. The Morgan fingerprint density at radius 2 is 2.00 bits per heavy atom. The molecule has 0 rings (SSSR count). The van der Waals surface area contributed by atoms with E-state index in [1.54, 1.807) is 7.11 Å². The van der Waals surface area contributed by atoms with Crippen LogP contribution in [0.5, 0.6) is 0 Å². The van der Waals surface area contributed by atoms with Gasteiger partial charge in [-0.15, -0.1) is 0 Å². The number of ether oxygens (including phenoxy) is 1. The summed E-state index contributed by atoms with van der Waals surface area (Å²) in [5.41, 5.74) is 0. The van der Waals surface area contributed by atoms with Gasteiger partial charge in [-0.3, -0.25) is 0 Å². The molecule has 0 aliphatic rings. The molecule has 0 aliphatic heterocycles. The monoisotopic (exact) mass is 237 g/mol. The first-order chi connectivity index (χ1) is 6.93. The lowest BCUT2D eigenvalue weighted by Gasteiger charge is -2.21. The van der Waals surface area contributed by atoms with E-state index in [0.29, 0.717) is 19.7 Å². The zero-order valence-electron chi connectivity index (χ0n) is 10.1. The number of hydrogen-bond donors (Lipinski definition) is 1. The van der Waals surface area contributed by atoms with Crippen molar-refractivity contribution in [1.29, 1.82) is 0 Å². The van der Waals surface area contributed by atoms with Gasteiger partial charge in [-0.05, 0) is 5.92 Å². The van der Waals surface area contributed by atoms with Crippen LogP contribution in [0.25, 0.3) is 0 Å². The molecule has 0 bridgehead atoms. The zero-order valence-corrected chi connectivity index (χ0v) is 10.9. The van der Waals surface area contributed by atoms with E-state index in [0.717, 1.165) is 6.42 Å². The Kier molecular flexibility index (Phi) is 7.13. The third kappa shape index (κ3) is 6.12. The maximum absolute atomic E-state index is 11.5. The van der Waals surface area contributed by atoms with Crippen molar-refractivity contribution in [3.05, 3.63) is 0 Å². The highest BCUT2D eigenvalue weighted by atomic mass is 32.2. The molecule has 2 atom stereocenters. The molecule has 0 saturated carbocycles. The Balaban J connectivity index is 4.16. The predicted molar refractivity (Wildman–Crippen MR) is 62.8 cm³/mol. The normalized spacial score (nSPS) is 16.3. The number of methoxy groups -OCH3 is 1. The van der Waals surface area contributed by atoms with Crippen molar-refractivity contribution in [2.45, 2.75) is 25.5 Å². The SMILES string of the molecule is CCC(C)C(CNCCOC)S(C)(=O)=O. The lowest BCUT2D eigenvalue weighted by atomic mass is 10.1. The van der Waals surface area contributed by atoms with E-state index in [1.807, 2.05) is 13.8 Å². The first-order valence-electron chi connectivity index (χ1n) is 5.32. The Bertz CT molecular complexity index is 251. The predicted octanol–water partition coefficient (Wildman–Crippen LogP) is 0.682. The fourth-order valence-corrected chi connectivity index (χ4v) is 2.91. The maximum Gasteiger partial charge on any atom is 0.151 e. The van der Waals surface area contributed by atoms with Gasteiger partial charge in [0.2, 0.25) is 0 Å². The Morgan fingerprint density at radius 1 is 1.40 bits per heavy atom. The molecule has 1 N–H and O–H groups in total. The molecule has 5 heteroatoms. The van der Waals surface area contributed by atoms with Crippen LogP contribution in [0.1, 0.15) is 20.3 Å². The van der Waals surface area contributed by atoms with Crippen LogP contribution in [-0.2, 0) is 14.6 Å². The number of hydrogen-bond acceptors (Lipinski definition) is 4. The van der Waals surface area contributed by atoms with Gasteiger partial charge in [0.1, 0.15) is 0 Å². The van der Waals surface area contributed by atoms with Crippen molar-refractivity contribution >= 4 is 9.84 Å². The second-order valence-electron chi connectivity index (χ2n) is 3.95. The van der Waals surface area contributed by atoms with Crippen molar-refractivity contribution in [3.8, 4) is 0 Å². The third-order valence-corrected chi connectivity index (χ3v) is 4.39. The Morgan fingerprint density at radius 3 is 2.40 bits per heavy atom. The van der Waals surface area contributed by atoms with Crippen molar-refractivity contribution < 1.29 is 13.2 Å². The minimum atomic E-state index is -2.97. The summed E-state index contributed by atoms with van der Waals surface area (Å²) in [7, 11) is -1.34. The van der Waals surface area contributed by atoms with Gasteiger partial charge < -0.3 is 10.1 Å². The second kappa shape index (κ2) is 7.19. The summed E-state index contributed by atoms with van der Waals surface area (Å²) in [6.45, 7) is 5.80. The number of rotatable bonds is 8. The minimum Gasteiger partial charge on any atom is -0.383 e. The Hall–Kier alpha value is -0.130. The highest BCUT2D eigenvalue weighted by Gasteiger charge is 2.25. The van der Waals surface area contributed by atoms with Gasteiger partial charge in [0.05, 0.1) is 11.9 Å². The average molecular weight is 237 g/mol. The van der Waals surface area contributed by atoms with E-state index >= 15 is 0 Å². The van der Waals surface area contributed by atoms with Crippen LogP contribution in [0.15, 0.2) is 0 Å². The largest absolute Gasteiger partial charge is 0.383 e. The van der Waals surface area contributed by atoms with Crippen LogP contribution in [0.2, 0.25) is 0 Å². The summed E-state index contributed by atoms with van der Waals surface area (Å²) >= 11 is 0. The molecule has 0 amide bonds. The quantitative estimate of drug-likeness (QED) is 0.631. The van der Waals surface area contributed by atoms with Gasteiger partial charge in [-0.1, -0.05) is 20.3 Å². The molecular weight excluding hydrogens is 214 g/mol. The molecule has 92 valence electrons. The van der Waals surface area contributed by atoms with Gasteiger partial charge in [-0.2, -0.15) is 0 Å². The third-order valence-electron chi connectivity index (χ3n) is 2.66. The van der Waals surface area contributed by atoms with E-state index in [2.05, 4.69) is 5.32 Å². The zero-order chi connectivity index (χ0) is 11.9. The van der Waals surface area contributed by atoms with E-state index in [1.165, 1.54) is 6.26 Å². The summed E-state index contributed by atoms with van der Waals surface area (Å²) in [6.07, 6.45) is 2.19. The molecule has 0 saturated heterocycles. The highest BCUT2D eigenvalue weighted by Crippen LogP contribution is 2.14. The Labute approximate surface area is 93.3 Å². The molecular formula is C10H23NO3S. The van der Waals surface area contributed by atoms with Crippen LogP contribution in [0.3, 0.4) is 0 Å². The van der Waals surface area contributed by atoms with E-state index in [4.69, 9.17) is 4.74 Å². The van der Waals surface area contributed by atoms with E-state index in [-0.39, 0.29) is 11.2 Å². The molecule has 4 nitrogen and oxygen atoms in total. The summed E-state index contributed by atoms with van der Waals surface area (Å²) in [5.74, 6) is 0.190. The molecule has 0 heterocycles. The molecule has 0 aromatic heterocycles. The summed E-state index contributed by atoms with van der Waals surface area (Å²) in [6, 6.07) is 0. The maximum atomic E-state index is 11.5. The van der Waals surface area contributed by atoms with E-state index < -0.39 is 9.84 Å². The van der Waals surface area contributed by atoms with E-state index in [9.17, 15) is 8.42 Å². The molecule has 0 fully saturated rings. The molecule has 0 aromatic rings. The molecule has 15 heavy (non-hydrogen) atoms. The first kappa shape index (κ1) is 14.9. The smallest absolute Gasteiger partial charge is 0.151 e.